The van der Waals surface area contributed by atoms with Crippen LogP contribution >= 0.6 is 0 Å². The monoisotopic (exact) mass is 242 g/mol. The predicted molar refractivity (Wildman–Crippen MR) is 75.6 cm³/mol. The normalized spacial score (nSPS) is 14.6. The molecule has 0 saturated carbocycles. The van der Waals surface area contributed by atoms with Crippen molar-refractivity contribution in [2.24, 2.45) is 0 Å². The second kappa shape index (κ2) is 4.78. The maximum absolute atomic E-state index is 4.56. The maximum Gasteiger partial charge on any atom is 0.292 e. The molecule has 1 heterocycles. The lowest BCUT2D eigenvalue weighted by Gasteiger charge is -2.32. The van der Waals surface area contributed by atoms with Crippen LogP contribution in [-0.4, -0.2) is 26.2 Å². The molecule has 0 saturated heterocycles. The average Bonchev–Trinajstić information content (AvgIpc) is 2.37. The fraction of sp³-hybridized carbons (Fsp3) is 0.357. The van der Waals surface area contributed by atoms with E-state index < -0.39 is 14.1 Å². The zero-order valence-corrected chi connectivity index (χ0v) is 12.1. The molecule has 1 aromatic carbocycles. The van der Waals surface area contributed by atoms with E-state index in [0.29, 0.717) is 0 Å². The van der Waals surface area contributed by atoms with Crippen LogP contribution < -0.4 is 5.32 Å². The molecule has 1 N–H and O–H groups in total. The zero-order chi connectivity index (χ0) is 12.5. The van der Waals surface area contributed by atoms with Gasteiger partial charge in [0, 0.05) is 11.6 Å². The maximum atomic E-state index is 4.56. The Bertz CT molecular complexity index is 519. The van der Waals surface area contributed by atoms with Gasteiger partial charge in [-0.15, -0.1) is 11.6 Å². The summed E-state index contributed by atoms with van der Waals surface area (Å²) in [6.07, 6.45) is 1.88. The molecule has 0 aliphatic heterocycles. The van der Waals surface area contributed by atoms with Crippen LogP contribution in [0, 0.1) is 0 Å². The van der Waals surface area contributed by atoms with Gasteiger partial charge in [0.25, 0.3) is 14.1 Å². The number of hydrogen-bond donors (Lipinski definition) is 1. The molecular weight excluding hydrogens is 223 g/mol. The van der Waals surface area contributed by atoms with Crippen molar-refractivity contribution in [2.75, 3.05) is 7.05 Å². The Labute approximate surface area is 107 Å². The summed E-state index contributed by atoms with van der Waals surface area (Å²) in [6.45, 7) is 2.30. The molecular formula is C14H19AlN2. The molecule has 3 heteroatoms. The highest BCUT2D eigenvalue weighted by atomic mass is 27.2. The molecule has 2 aromatic rings. The number of pyridine rings is 1. The summed E-state index contributed by atoms with van der Waals surface area (Å²) < 4.78 is 0.0911. The Hall–Kier alpha value is -0.878. The van der Waals surface area contributed by atoms with Crippen LogP contribution in [0.2, 0.25) is 11.6 Å². The van der Waals surface area contributed by atoms with Crippen LogP contribution in [0.5, 0.6) is 0 Å². The second-order valence-electron chi connectivity index (χ2n) is 4.99. The van der Waals surface area contributed by atoms with Gasteiger partial charge >= 0.3 is 0 Å². The van der Waals surface area contributed by atoms with E-state index >= 15 is 0 Å². The third kappa shape index (κ3) is 2.11. The van der Waals surface area contributed by atoms with E-state index in [-0.39, 0.29) is 4.40 Å². The number of rotatable bonds is 3. The number of fused-ring (bicyclic) bond motifs is 1. The fourth-order valence-electron chi connectivity index (χ4n) is 2.26. The van der Waals surface area contributed by atoms with Crippen LogP contribution in [-0.2, 0) is 4.40 Å². The first-order valence-corrected chi connectivity index (χ1v) is 9.01. The van der Waals surface area contributed by atoms with Crippen LogP contribution in [0.3, 0.4) is 0 Å². The highest BCUT2D eigenvalue weighted by molar-refractivity contribution is 6.59. The summed E-state index contributed by atoms with van der Waals surface area (Å²) in [4.78, 5) is 4.56. The molecule has 0 aliphatic rings. The van der Waals surface area contributed by atoms with Crippen molar-refractivity contribution in [1.82, 2.24) is 10.3 Å². The lowest BCUT2D eigenvalue weighted by molar-refractivity contribution is 0.560. The van der Waals surface area contributed by atoms with E-state index in [0.717, 1.165) is 5.52 Å². The predicted octanol–water partition coefficient (Wildman–Crippen LogP) is 2.96. The highest BCUT2D eigenvalue weighted by Gasteiger charge is 2.33. The van der Waals surface area contributed by atoms with E-state index in [2.05, 4.69) is 60.1 Å². The Morgan fingerprint density at radius 3 is 2.53 bits per heavy atom. The molecule has 0 unspecified atom stereocenters. The number of nitrogens with one attached hydrogen (secondary N) is 1. The number of aromatic nitrogens is 1. The summed E-state index contributed by atoms with van der Waals surface area (Å²) >= 11 is -0.886. The van der Waals surface area contributed by atoms with E-state index in [1.165, 1.54) is 10.9 Å². The summed E-state index contributed by atoms with van der Waals surface area (Å²) in [5.41, 5.74) is 2.47. The van der Waals surface area contributed by atoms with Crippen LogP contribution in [0.1, 0.15) is 12.5 Å². The third-order valence-corrected chi connectivity index (χ3v) is 6.78. The summed E-state index contributed by atoms with van der Waals surface area (Å²) in [6, 6.07) is 10.6. The summed E-state index contributed by atoms with van der Waals surface area (Å²) in [7, 11) is 2.05. The van der Waals surface area contributed by atoms with Crippen molar-refractivity contribution in [1.29, 1.82) is 0 Å². The second-order valence-corrected chi connectivity index (χ2v) is 8.45. The molecule has 88 valence electrons. The minimum absolute atomic E-state index is 0.0911. The summed E-state index contributed by atoms with van der Waals surface area (Å²) in [5, 5.41) is 4.73. The smallest absolute Gasteiger partial charge is 0.292 e. The molecule has 0 bridgehead atoms. The van der Waals surface area contributed by atoms with E-state index in [1.54, 1.807) is 0 Å². The van der Waals surface area contributed by atoms with Crippen LogP contribution in [0.25, 0.3) is 10.9 Å². The first-order chi connectivity index (χ1) is 8.09. The molecule has 2 rings (SSSR count). The lowest BCUT2D eigenvalue weighted by atomic mass is 10.0. The van der Waals surface area contributed by atoms with Crippen molar-refractivity contribution in [2.45, 2.75) is 22.9 Å². The van der Waals surface area contributed by atoms with Crippen LogP contribution in [0.15, 0.2) is 36.5 Å². The Morgan fingerprint density at radius 2 is 1.88 bits per heavy atom. The van der Waals surface area contributed by atoms with Gasteiger partial charge in [-0.05, 0) is 23.1 Å². The molecule has 17 heavy (non-hydrogen) atoms. The molecule has 0 spiro atoms. The molecule has 1 aromatic heterocycles. The minimum atomic E-state index is -0.886. The van der Waals surface area contributed by atoms with Crippen molar-refractivity contribution in [3.8, 4) is 0 Å². The molecule has 2 nitrogen and oxygen atoms in total. The largest absolute Gasteiger partial charge is 0.323 e. The van der Waals surface area contributed by atoms with Gasteiger partial charge in [-0.1, -0.05) is 31.2 Å². The molecule has 1 atom stereocenters. The molecule has 0 radical (unpaired) electrons. The topological polar surface area (TPSA) is 24.9 Å². The Balaban J connectivity index is 2.70. The van der Waals surface area contributed by atoms with Crippen LogP contribution in [0.4, 0.5) is 0 Å². The van der Waals surface area contributed by atoms with Gasteiger partial charge in [-0.2, -0.15) is 0 Å². The van der Waals surface area contributed by atoms with Gasteiger partial charge in [-0.3, -0.25) is 4.98 Å². The lowest BCUT2D eigenvalue weighted by Crippen LogP contribution is -2.47. The SMILES string of the molecule is CN[C@@](C)(c1cccc2cccnc12)[Al]([CH3])[CH3]. The van der Waals surface area contributed by atoms with E-state index in [1.807, 2.05) is 12.3 Å². The van der Waals surface area contributed by atoms with E-state index in [9.17, 15) is 0 Å². The number of nitrogens with zero attached hydrogens (tertiary/aromatic N) is 1. The van der Waals surface area contributed by atoms with E-state index in [4.69, 9.17) is 0 Å². The highest BCUT2D eigenvalue weighted by Crippen LogP contribution is 2.29. The van der Waals surface area contributed by atoms with Crippen molar-refractivity contribution >= 4 is 25.1 Å². The van der Waals surface area contributed by atoms with Gasteiger partial charge in [0.1, 0.15) is 0 Å². The quantitative estimate of drug-likeness (QED) is 0.837. The first kappa shape index (κ1) is 12.6. The van der Waals surface area contributed by atoms with Gasteiger partial charge in [-0.25, -0.2) is 0 Å². The zero-order valence-electron chi connectivity index (χ0n) is 11.0. The Kier molecular flexibility index (Phi) is 3.54. The van der Waals surface area contributed by atoms with Crippen molar-refractivity contribution in [3.05, 3.63) is 42.1 Å². The third-order valence-electron chi connectivity index (χ3n) is 3.87. The van der Waals surface area contributed by atoms with Gasteiger partial charge in [0.2, 0.25) is 0 Å². The van der Waals surface area contributed by atoms with Crippen molar-refractivity contribution < 1.29 is 0 Å². The summed E-state index contributed by atoms with van der Waals surface area (Å²) in [5.74, 6) is 4.75. The van der Waals surface area contributed by atoms with Gasteiger partial charge < -0.3 is 5.32 Å². The standard InChI is InChI=1S/C12H13N2.2CH3.Al/c1-9(13-2)11-7-3-5-10-6-4-8-14-12(10)11;;;/h3-8,13H,1-2H3;2*1H3;. The average molecular weight is 242 g/mol. The van der Waals surface area contributed by atoms with Gasteiger partial charge in [0.05, 0.1) is 5.52 Å². The van der Waals surface area contributed by atoms with Gasteiger partial charge in [0.15, 0.2) is 0 Å². The number of para-hydroxylation sites is 1. The molecule has 0 amide bonds. The Morgan fingerprint density at radius 1 is 1.18 bits per heavy atom. The number of hydrogen-bond acceptors (Lipinski definition) is 2. The number of benzene rings is 1. The molecule has 0 aliphatic carbocycles. The molecule has 0 fully saturated rings. The first-order valence-electron chi connectivity index (χ1n) is 6.12. The van der Waals surface area contributed by atoms with Crippen molar-refractivity contribution in [3.63, 3.8) is 0 Å². The minimum Gasteiger partial charge on any atom is -0.323 e. The fourth-order valence-corrected chi connectivity index (χ4v) is 3.69.